The van der Waals surface area contributed by atoms with Gasteiger partial charge < -0.3 is 19.2 Å². The second-order valence-electron chi connectivity index (χ2n) is 7.26. The van der Waals surface area contributed by atoms with Gasteiger partial charge >= 0.3 is 5.69 Å². The second kappa shape index (κ2) is 10.6. The summed E-state index contributed by atoms with van der Waals surface area (Å²) in [6.45, 7) is -0.159. The minimum absolute atomic E-state index is 0.0507. The summed E-state index contributed by atoms with van der Waals surface area (Å²) in [5, 5.41) is 25.5. The Balaban J connectivity index is 1.46. The van der Waals surface area contributed by atoms with Crippen molar-refractivity contribution in [3.63, 3.8) is 0 Å². The molecule has 0 unspecified atom stereocenters. The van der Waals surface area contributed by atoms with Crippen LogP contribution in [0.5, 0.6) is 17.2 Å². The monoisotopic (exact) mass is 509 g/mol. The van der Waals surface area contributed by atoms with Crippen molar-refractivity contribution in [1.82, 2.24) is 0 Å². The van der Waals surface area contributed by atoms with Gasteiger partial charge in [0.25, 0.3) is 11.6 Å². The largest absolute Gasteiger partial charge is 0.479 e. The number of nitro groups is 2. The summed E-state index contributed by atoms with van der Waals surface area (Å²) in [5.74, 6) is 0.0397. The van der Waals surface area contributed by atoms with E-state index in [1.807, 2.05) is 0 Å². The Morgan fingerprint density at radius 2 is 1.67 bits per heavy atom. The molecule has 0 radical (unpaired) electrons. The number of ether oxygens (including phenoxy) is 2. The Labute approximate surface area is 208 Å². The molecule has 0 bridgehead atoms. The average molecular weight is 510 g/mol. The molecule has 4 aromatic rings. The van der Waals surface area contributed by atoms with Crippen LogP contribution in [0.25, 0.3) is 0 Å². The van der Waals surface area contributed by atoms with E-state index in [1.54, 1.807) is 30.3 Å². The fourth-order valence-corrected chi connectivity index (χ4v) is 3.23. The number of non-ortho nitro benzene ring substituents is 1. The van der Waals surface area contributed by atoms with Gasteiger partial charge in [0.1, 0.15) is 23.9 Å². The zero-order valence-corrected chi connectivity index (χ0v) is 19.0. The molecular formula is C24H16ClN3O8. The number of nitrogens with one attached hydrogen (secondary N) is 1. The highest BCUT2D eigenvalue weighted by atomic mass is 35.5. The van der Waals surface area contributed by atoms with Crippen LogP contribution in [0, 0.1) is 20.2 Å². The third kappa shape index (κ3) is 5.96. The highest BCUT2D eigenvalue weighted by molar-refractivity contribution is 6.30. The Morgan fingerprint density at radius 3 is 2.39 bits per heavy atom. The molecule has 0 saturated heterocycles. The molecule has 12 heteroatoms. The maximum Gasteiger partial charge on any atom is 0.310 e. The summed E-state index contributed by atoms with van der Waals surface area (Å²) in [5.41, 5.74) is -0.397. The minimum atomic E-state index is -0.676. The molecule has 0 saturated carbocycles. The van der Waals surface area contributed by atoms with Crippen molar-refractivity contribution in [2.45, 2.75) is 6.61 Å². The van der Waals surface area contributed by atoms with Crippen LogP contribution in [0.4, 0.5) is 17.1 Å². The van der Waals surface area contributed by atoms with Crippen molar-refractivity contribution in [3.05, 3.63) is 116 Å². The van der Waals surface area contributed by atoms with Crippen LogP contribution < -0.4 is 14.8 Å². The topological polar surface area (TPSA) is 147 Å². The molecule has 4 rings (SSSR count). The number of benzene rings is 3. The Kier molecular flexibility index (Phi) is 7.12. The van der Waals surface area contributed by atoms with E-state index in [2.05, 4.69) is 5.32 Å². The number of carbonyl (C=O) groups is 1. The van der Waals surface area contributed by atoms with Gasteiger partial charge in [-0.2, -0.15) is 0 Å². The number of halogens is 1. The number of nitro benzene ring substituents is 2. The van der Waals surface area contributed by atoms with E-state index in [0.29, 0.717) is 10.8 Å². The van der Waals surface area contributed by atoms with E-state index in [-0.39, 0.29) is 46.7 Å². The molecule has 3 aromatic carbocycles. The van der Waals surface area contributed by atoms with Crippen LogP contribution >= 0.6 is 11.6 Å². The number of hydrogen-bond acceptors (Lipinski definition) is 8. The highest BCUT2D eigenvalue weighted by Crippen LogP contribution is 2.31. The van der Waals surface area contributed by atoms with Gasteiger partial charge in [-0.05, 0) is 42.5 Å². The van der Waals surface area contributed by atoms with Crippen molar-refractivity contribution >= 4 is 34.6 Å². The average Bonchev–Trinajstić information content (AvgIpc) is 3.33. The molecule has 1 heterocycles. The summed E-state index contributed by atoms with van der Waals surface area (Å²) >= 11 is 5.86. The first-order chi connectivity index (χ1) is 17.3. The van der Waals surface area contributed by atoms with Gasteiger partial charge in [0.15, 0.2) is 11.5 Å². The van der Waals surface area contributed by atoms with Gasteiger partial charge in [-0.1, -0.05) is 23.7 Å². The molecule has 1 amide bonds. The van der Waals surface area contributed by atoms with Crippen molar-refractivity contribution in [1.29, 1.82) is 0 Å². The summed E-state index contributed by atoms with van der Waals surface area (Å²) < 4.78 is 16.6. The standard InChI is InChI=1S/C24H16ClN3O8/c25-15-5-7-18(8-6-15)35-20-12-16(11-17(13-20)27(30)31)26-24(29)23-10-9-19(36-23)14-34-22-4-2-1-3-21(22)28(32)33/h1-13H,14H2,(H,26,29). The van der Waals surface area contributed by atoms with Crippen molar-refractivity contribution < 1.29 is 28.5 Å². The molecule has 182 valence electrons. The lowest BCUT2D eigenvalue weighted by Crippen LogP contribution is -2.11. The van der Waals surface area contributed by atoms with E-state index in [0.717, 1.165) is 0 Å². The van der Waals surface area contributed by atoms with Crippen molar-refractivity contribution in [2.24, 2.45) is 0 Å². The third-order valence-corrected chi connectivity index (χ3v) is 4.98. The lowest BCUT2D eigenvalue weighted by molar-refractivity contribution is -0.386. The molecule has 0 fully saturated rings. The minimum Gasteiger partial charge on any atom is -0.479 e. The van der Waals surface area contributed by atoms with Crippen LogP contribution in [0.2, 0.25) is 5.02 Å². The SMILES string of the molecule is O=C(Nc1cc(Oc2ccc(Cl)cc2)cc([N+](=O)[O-])c1)c1ccc(COc2ccccc2[N+](=O)[O-])o1. The quantitative estimate of drug-likeness (QED) is 0.202. The van der Waals surface area contributed by atoms with Gasteiger partial charge in [-0.3, -0.25) is 25.0 Å². The number of furan rings is 1. The zero-order chi connectivity index (χ0) is 25.7. The number of anilines is 1. The van der Waals surface area contributed by atoms with Gasteiger partial charge in [-0.25, -0.2) is 0 Å². The molecule has 0 aliphatic carbocycles. The first-order valence-electron chi connectivity index (χ1n) is 10.3. The molecule has 1 aromatic heterocycles. The van der Waals surface area contributed by atoms with Crippen molar-refractivity contribution in [3.8, 4) is 17.2 Å². The zero-order valence-electron chi connectivity index (χ0n) is 18.3. The van der Waals surface area contributed by atoms with Crippen molar-refractivity contribution in [2.75, 3.05) is 5.32 Å². The second-order valence-corrected chi connectivity index (χ2v) is 7.70. The number of hydrogen-bond donors (Lipinski definition) is 1. The Bertz CT molecular complexity index is 1440. The fraction of sp³-hybridized carbons (Fsp3) is 0.0417. The summed E-state index contributed by atoms with van der Waals surface area (Å²) in [6, 6.07) is 18.9. The third-order valence-electron chi connectivity index (χ3n) is 4.73. The summed E-state index contributed by atoms with van der Waals surface area (Å²) in [4.78, 5) is 33.9. The summed E-state index contributed by atoms with van der Waals surface area (Å²) in [7, 11) is 0. The predicted octanol–water partition coefficient (Wildman–Crippen LogP) is 6.37. The van der Waals surface area contributed by atoms with Crippen LogP contribution in [0.15, 0.2) is 83.3 Å². The van der Waals surface area contributed by atoms with Crippen LogP contribution in [-0.2, 0) is 6.61 Å². The maximum atomic E-state index is 12.7. The number of para-hydroxylation sites is 2. The van der Waals surface area contributed by atoms with E-state index in [9.17, 15) is 25.0 Å². The maximum absolute atomic E-state index is 12.7. The predicted molar refractivity (Wildman–Crippen MR) is 129 cm³/mol. The number of nitrogens with zero attached hydrogens (tertiary/aromatic N) is 2. The Hall–Kier alpha value is -4.90. The molecule has 0 aliphatic rings. The molecule has 0 spiro atoms. The van der Waals surface area contributed by atoms with E-state index in [1.165, 1.54) is 48.5 Å². The number of amides is 1. The Morgan fingerprint density at radius 1 is 0.917 bits per heavy atom. The van der Waals surface area contributed by atoms with Crippen LogP contribution in [0.3, 0.4) is 0 Å². The van der Waals surface area contributed by atoms with E-state index in [4.69, 9.17) is 25.5 Å². The van der Waals surface area contributed by atoms with Gasteiger partial charge in [0.05, 0.1) is 21.6 Å². The van der Waals surface area contributed by atoms with Gasteiger partial charge in [0, 0.05) is 23.2 Å². The molecular weight excluding hydrogens is 494 g/mol. The fourth-order valence-electron chi connectivity index (χ4n) is 3.11. The number of rotatable bonds is 9. The van der Waals surface area contributed by atoms with E-state index >= 15 is 0 Å². The summed E-state index contributed by atoms with van der Waals surface area (Å²) in [6.07, 6.45) is 0. The van der Waals surface area contributed by atoms with E-state index < -0.39 is 15.8 Å². The normalized spacial score (nSPS) is 10.5. The smallest absolute Gasteiger partial charge is 0.310 e. The van der Waals surface area contributed by atoms with Crippen LogP contribution in [0.1, 0.15) is 16.3 Å². The lowest BCUT2D eigenvalue weighted by atomic mass is 10.2. The molecule has 11 nitrogen and oxygen atoms in total. The first-order valence-corrected chi connectivity index (χ1v) is 10.7. The highest BCUT2D eigenvalue weighted by Gasteiger charge is 2.18. The van der Waals surface area contributed by atoms with Crippen LogP contribution in [-0.4, -0.2) is 15.8 Å². The molecule has 36 heavy (non-hydrogen) atoms. The number of carbonyl (C=O) groups excluding carboxylic acids is 1. The molecule has 0 aliphatic heterocycles. The van der Waals surface area contributed by atoms with Gasteiger partial charge in [-0.15, -0.1) is 0 Å². The lowest BCUT2D eigenvalue weighted by Gasteiger charge is -2.09. The molecule has 0 atom stereocenters. The molecule has 1 N–H and O–H groups in total. The van der Waals surface area contributed by atoms with Gasteiger partial charge in [0.2, 0.25) is 0 Å². The first kappa shape index (κ1) is 24.2.